The molecule has 0 saturated carbocycles. The number of halogens is 1. The second kappa shape index (κ2) is 11.3. The van der Waals surface area contributed by atoms with Gasteiger partial charge in [-0.1, -0.05) is 24.3 Å². The van der Waals surface area contributed by atoms with Crippen LogP contribution in [0.4, 0.5) is 0 Å². The number of Topliss-reactive ketones (excluding diaryl/α,β-unsaturated/α-hetero) is 1. The van der Waals surface area contributed by atoms with Crippen molar-refractivity contribution in [1.29, 1.82) is 0 Å². The lowest BCUT2D eigenvalue weighted by molar-refractivity contribution is -0.137. The number of ketones is 1. The smallest absolute Gasteiger partial charge is 0.335 e. The van der Waals surface area contributed by atoms with E-state index >= 15 is 0 Å². The third-order valence-electron chi connectivity index (χ3n) is 6.76. The number of primary amides is 1. The number of hydrogen-bond donors (Lipinski definition) is 6. The average Bonchev–Trinajstić information content (AvgIpc) is 3.25. The Kier molecular flexibility index (Phi) is 8.61. The molecule has 1 aromatic heterocycles. The van der Waals surface area contributed by atoms with Crippen LogP contribution in [0.25, 0.3) is 10.9 Å². The molecule has 1 aliphatic rings. The van der Waals surface area contributed by atoms with Crippen LogP contribution >= 0.6 is 12.4 Å². The number of benzene rings is 2. The largest absolute Gasteiger partial charge is 0.478 e. The predicted molar refractivity (Wildman–Crippen MR) is 145 cm³/mol. The van der Waals surface area contributed by atoms with E-state index in [4.69, 9.17) is 11.5 Å². The molecule has 2 amide bonds. The molecule has 0 fully saturated rings. The van der Waals surface area contributed by atoms with Gasteiger partial charge in [0.25, 0.3) is 0 Å². The second-order valence-corrected chi connectivity index (χ2v) is 9.99. The highest BCUT2D eigenvalue weighted by molar-refractivity contribution is 6.06. The Morgan fingerprint density at radius 1 is 1.16 bits per heavy atom. The molecular weight excluding hydrogens is 510 g/mol. The first-order chi connectivity index (χ1) is 17.5. The van der Waals surface area contributed by atoms with E-state index in [1.807, 2.05) is 24.3 Å². The van der Waals surface area contributed by atoms with E-state index < -0.39 is 47.1 Å². The van der Waals surface area contributed by atoms with Gasteiger partial charge < -0.3 is 32.2 Å². The van der Waals surface area contributed by atoms with Gasteiger partial charge in [0.15, 0.2) is 5.78 Å². The lowest BCUT2D eigenvalue weighted by Gasteiger charge is -2.33. The Labute approximate surface area is 225 Å². The number of rotatable bonds is 9. The zero-order valence-corrected chi connectivity index (χ0v) is 21.9. The number of para-hydroxylation sites is 1. The van der Waals surface area contributed by atoms with E-state index in [2.05, 4.69) is 15.6 Å². The summed E-state index contributed by atoms with van der Waals surface area (Å²) in [5.41, 5.74) is 13.7. The van der Waals surface area contributed by atoms with Crippen molar-refractivity contribution in [2.75, 3.05) is 6.54 Å². The number of carboxylic acid groups (broad SMARTS) is 1. The highest BCUT2D eigenvalue weighted by Crippen LogP contribution is 2.32. The zero-order chi connectivity index (χ0) is 26.9. The molecule has 0 radical (unpaired) electrons. The van der Waals surface area contributed by atoms with Crippen LogP contribution in [0.1, 0.15) is 46.9 Å². The summed E-state index contributed by atoms with van der Waals surface area (Å²) in [4.78, 5) is 54.2. The van der Waals surface area contributed by atoms with Crippen LogP contribution in [0.2, 0.25) is 0 Å². The number of aromatic amines is 1. The summed E-state index contributed by atoms with van der Waals surface area (Å²) in [6.45, 7) is 3.48. The van der Waals surface area contributed by atoms with Gasteiger partial charge in [-0.15, -0.1) is 12.4 Å². The van der Waals surface area contributed by atoms with Gasteiger partial charge in [-0.3, -0.25) is 14.4 Å². The fraction of sp³-hybridized carbons (Fsp3) is 0.333. The van der Waals surface area contributed by atoms with Gasteiger partial charge in [0.1, 0.15) is 5.92 Å². The van der Waals surface area contributed by atoms with Crippen LogP contribution < -0.4 is 22.1 Å². The molecule has 2 aromatic carbocycles. The number of hydrogen-bond acceptors (Lipinski definition) is 6. The summed E-state index contributed by atoms with van der Waals surface area (Å²) < 4.78 is 0. The van der Waals surface area contributed by atoms with Crippen LogP contribution in [-0.2, 0) is 27.2 Å². The van der Waals surface area contributed by atoms with Crippen LogP contribution in [0, 0.1) is 5.92 Å². The van der Waals surface area contributed by atoms with Crippen molar-refractivity contribution >= 4 is 46.9 Å². The summed E-state index contributed by atoms with van der Waals surface area (Å²) in [5, 5.41) is 16.2. The minimum Gasteiger partial charge on any atom is -0.478 e. The molecule has 0 bridgehead atoms. The molecule has 38 heavy (non-hydrogen) atoms. The number of carbonyl (C=O) groups is 4. The number of nitrogens with two attached hydrogens (primary N) is 2. The molecule has 3 aromatic rings. The third kappa shape index (κ3) is 5.88. The second-order valence-electron chi connectivity index (χ2n) is 9.99. The summed E-state index contributed by atoms with van der Waals surface area (Å²) in [5.74, 6) is -4.32. The molecule has 202 valence electrons. The molecule has 2 unspecified atom stereocenters. The van der Waals surface area contributed by atoms with Crippen molar-refractivity contribution in [1.82, 2.24) is 15.6 Å². The van der Waals surface area contributed by atoms with E-state index in [0.29, 0.717) is 18.5 Å². The maximum absolute atomic E-state index is 14.0. The highest BCUT2D eigenvalue weighted by Gasteiger charge is 2.41. The Bertz CT molecular complexity index is 1380. The topological polar surface area (TPSA) is 180 Å². The third-order valence-corrected chi connectivity index (χ3v) is 6.76. The van der Waals surface area contributed by atoms with Crippen molar-refractivity contribution in [3.8, 4) is 0 Å². The van der Waals surface area contributed by atoms with Gasteiger partial charge in [-0.2, -0.15) is 0 Å². The first kappa shape index (κ1) is 28.8. The van der Waals surface area contributed by atoms with Gasteiger partial charge in [-0.05, 0) is 61.7 Å². The van der Waals surface area contributed by atoms with E-state index in [0.717, 1.165) is 22.0 Å². The van der Waals surface area contributed by atoms with Gasteiger partial charge in [0.2, 0.25) is 11.8 Å². The SMILES string of the molecule is CC(C)(N)C(=O)NC(Cc1c[nH]c2ccccc12)C(=O)[C@H](C(N)=O)C1NCCc2cc(C(=O)O)ccc21.Cl. The van der Waals surface area contributed by atoms with Gasteiger partial charge >= 0.3 is 5.97 Å². The maximum atomic E-state index is 14.0. The average molecular weight is 542 g/mol. The van der Waals surface area contributed by atoms with Crippen molar-refractivity contribution in [2.24, 2.45) is 17.4 Å². The molecule has 8 N–H and O–H groups in total. The Morgan fingerprint density at radius 3 is 2.53 bits per heavy atom. The van der Waals surface area contributed by atoms with Crippen molar-refractivity contribution in [3.63, 3.8) is 0 Å². The van der Waals surface area contributed by atoms with Crippen molar-refractivity contribution in [3.05, 3.63) is 70.9 Å². The van der Waals surface area contributed by atoms with Crippen molar-refractivity contribution in [2.45, 2.75) is 44.3 Å². The van der Waals surface area contributed by atoms with E-state index in [-0.39, 0.29) is 24.4 Å². The Hall–Kier alpha value is -3.73. The molecule has 3 atom stereocenters. The summed E-state index contributed by atoms with van der Waals surface area (Å²) >= 11 is 0. The molecule has 0 saturated heterocycles. The summed E-state index contributed by atoms with van der Waals surface area (Å²) in [6, 6.07) is 10.3. The van der Waals surface area contributed by atoms with Gasteiger partial charge in [0.05, 0.1) is 23.2 Å². The van der Waals surface area contributed by atoms with Gasteiger partial charge in [-0.25, -0.2) is 4.79 Å². The number of carbonyl (C=O) groups excluding carboxylic acids is 3. The van der Waals surface area contributed by atoms with Crippen LogP contribution in [0.3, 0.4) is 0 Å². The molecule has 10 nitrogen and oxygen atoms in total. The fourth-order valence-electron chi connectivity index (χ4n) is 4.80. The number of H-pyrrole nitrogens is 1. The molecule has 0 spiro atoms. The summed E-state index contributed by atoms with van der Waals surface area (Å²) in [6.07, 6.45) is 2.42. The minimum absolute atomic E-state index is 0. The number of nitrogens with one attached hydrogen (secondary N) is 3. The maximum Gasteiger partial charge on any atom is 0.335 e. The number of carboxylic acids is 1. The predicted octanol–water partition coefficient (Wildman–Crippen LogP) is 1.61. The normalized spacial score (nSPS) is 16.6. The van der Waals surface area contributed by atoms with E-state index in [9.17, 15) is 24.3 Å². The van der Waals surface area contributed by atoms with Gasteiger partial charge in [0, 0.05) is 23.5 Å². The quantitative estimate of drug-likeness (QED) is 0.222. The van der Waals surface area contributed by atoms with Crippen molar-refractivity contribution < 1.29 is 24.3 Å². The number of amides is 2. The first-order valence-electron chi connectivity index (χ1n) is 12.0. The molecule has 2 heterocycles. The first-order valence-corrected chi connectivity index (χ1v) is 12.0. The molecular formula is C27H32ClN5O5. The van der Waals surface area contributed by atoms with Crippen LogP contribution in [0.15, 0.2) is 48.7 Å². The zero-order valence-electron chi connectivity index (χ0n) is 21.1. The standard InChI is InChI=1S/C27H31N5O5.ClH/c1-27(2,29)26(37)32-20(12-16-13-31-19-6-4-3-5-17(16)19)23(33)21(24(28)34)22-18-8-7-15(25(35)36)11-14(18)9-10-30-22;/h3-8,11,13,20-22,30-31H,9-10,12,29H2,1-2H3,(H2,28,34)(H,32,37)(H,35,36);1H/t20?,21-,22?;/m1./s1. The molecule has 0 aliphatic carbocycles. The lowest BCUT2D eigenvalue weighted by Crippen LogP contribution is -2.57. The highest BCUT2D eigenvalue weighted by atomic mass is 35.5. The minimum atomic E-state index is -1.31. The van der Waals surface area contributed by atoms with Crippen LogP contribution in [0.5, 0.6) is 0 Å². The number of aromatic nitrogens is 1. The Balaban J connectivity index is 0.00000400. The Morgan fingerprint density at radius 2 is 1.87 bits per heavy atom. The fourth-order valence-corrected chi connectivity index (χ4v) is 4.80. The monoisotopic (exact) mass is 541 g/mol. The van der Waals surface area contributed by atoms with E-state index in [1.165, 1.54) is 19.9 Å². The summed E-state index contributed by atoms with van der Waals surface area (Å²) in [7, 11) is 0. The molecule has 4 rings (SSSR count). The molecule has 1 aliphatic heterocycles. The number of aromatic carboxylic acids is 1. The van der Waals surface area contributed by atoms with E-state index in [1.54, 1.807) is 18.3 Å². The molecule has 11 heteroatoms. The number of fused-ring (bicyclic) bond motifs is 2. The van der Waals surface area contributed by atoms with Crippen LogP contribution in [-0.4, -0.2) is 51.8 Å². The lowest BCUT2D eigenvalue weighted by atomic mass is 9.80.